The Bertz CT molecular complexity index is 129. The highest BCUT2D eigenvalue weighted by Crippen LogP contribution is 2.05. The van der Waals surface area contributed by atoms with E-state index in [0.717, 1.165) is 0 Å². The highest BCUT2D eigenvalue weighted by atomic mass is 16.6. The minimum atomic E-state index is -0.922. The lowest BCUT2D eigenvalue weighted by atomic mass is 10.2. The van der Waals surface area contributed by atoms with Crippen molar-refractivity contribution in [2.45, 2.75) is 58.0 Å². The van der Waals surface area contributed by atoms with Crippen LogP contribution >= 0.6 is 0 Å². The van der Waals surface area contributed by atoms with E-state index < -0.39 is 12.4 Å². The molecule has 0 bridgehead atoms. The van der Waals surface area contributed by atoms with Crippen molar-refractivity contribution >= 4 is 0 Å². The first-order chi connectivity index (χ1) is 6.60. The van der Waals surface area contributed by atoms with Gasteiger partial charge < -0.3 is 20.1 Å². The Balaban J connectivity index is 3.39. The van der Waals surface area contributed by atoms with Gasteiger partial charge in [-0.1, -0.05) is 13.8 Å². The first-order valence-corrected chi connectivity index (χ1v) is 5.25. The molecule has 4 nitrogen and oxygen atoms in total. The van der Waals surface area contributed by atoms with Crippen LogP contribution in [0.4, 0.5) is 0 Å². The largest absolute Gasteiger partial charge is 0.393 e. The molecule has 3 atom stereocenters. The predicted octanol–water partition coefficient (Wildman–Crippen LogP) is 0.643. The van der Waals surface area contributed by atoms with Gasteiger partial charge in [0.25, 0.3) is 0 Å². The lowest BCUT2D eigenvalue weighted by molar-refractivity contribution is -0.124. The molecule has 0 radical (unpaired) electrons. The van der Waals surface area contributed by atoms with Crippen molar-refractivity contribution in [1.82, 2.24) is 0 Å². The molecule has 0 aromatic carbocycles. The molecule has 14 heavy (non-hydrogen) atoms. The van der Waals surface area contributed by atoms with Crippen molar-refractivity contribution in [2.75, 3.05) is 6.61 Å². The molecule has 4 heteroatoms. The Morgan fingerprint density at radius 2 is 1.57 bits per heavy atom. The number of aliphatic hydroxyl groups excluding tert-OH is 3. The van der Waals surface area contributed by atoms with Crippen LogP contribution < -0.4 is 0 Å². The Morgan fingerprint density at radius 1 is 1.00 bits per heavy atom. The predicted molar refractivity (Wildman–Crippen MR) is 53.8 cm³/mol. The molecule has 0 rings (SSSR count). The summed E-state index contributed by atoms with van der Waals surface area (Å²) in [6, 6.07) is 0. The molecule has 0 amide bonds. The maximum atomic E-state index is 9.27. The van der Waals surface area contributed by atoms with Gasteiger partial charge in [-0.05, 0) is 19.3 Å². The van der Waals surface area contributed by atoms with Crippen molar-refractivity contribution in [3.63, 3.8) is 0 Å². The highest BCUT2D eigenvalue weighted by molar-refractivity contribution is 4.55. The van der Waals surface area contributed by atoms with Crippen LogP contribution in [-0.4, -0.2) is 40.4 Å². The monoisotopic (exact) mass is 206 g/mol. The summed E-state index contributed by atoms with van der Waals surface area (Å²) >= 11 is 0. The molecule has 0 fully saturated rings. The third-order valence-electron chi connectivity index (χ3n) is 2.18. The van der Waals surface area contributed by atoms with E-state index in [4.69, 9.17) is 4.74 Å². The maximum absolute atomic E-state index is 9.27. The van der Waals surface area contributed by atoms with E-state index in [0.29, 0.717) is 25.9 Å². The third-order valence-corrected chi connectivity index (χ3v) is 2.18. The first-order valence-electron chi connectivity index (χ1n) is 5.25. The van der Waals surface area contributed by atoms with Crippen LogP contribution in [0.2, 0.25) is 0 Å². The summed E-state index contributed by atoms with van der Waals surface area (Å²) in [4.78, 5) is 0. The fourth-order valence-corrected chi connectivity index (χ4v) is 1.01. The second-order valence-corrected chi connectivity index (χ2v) is 3.47. The molecule has 0 aliphatic carbocycles. The molecule has 0 heterocycles. The molecular formula is C10H22O4. The van der Waals surface area contributed by atoms with Gasteiger partial charge in [-0.25, -0.2) is 0 Å². The van der Waals surface area contributed by atoms with Gasteiger partial charge in [-0.3, -0.25) is 0 Å². The van der Waals surface area contributed by atoms with E-state index in [1.165, 1.54) is 0 Å². The zero-order valence-electron chi connectivity index (χ0n) is 9.02. The van der Waals surface area contributed by atoms with Crippen LogP contribution in [0, 0.1) is 0 Å². The van der Waals surface area contributed by atoms with Gasteiger partial charge in [0.1, 0.15) is 0 Å². The molecule has 0 aliphatic rings. The molecule has 0 aromatic rings. The molecule has 86 valence electrons. The first kappa shape index (κ1) is 13.8. The van der Waals surface area contributed by atoms with E-state index in [2.05, 4.69) is 0 Å². The van der Waals surface area contributed by atoms with Gasteiger partial charge in [0.05, 0.1) is 18.8 Å². The standard InChI is InChI=1S/C10H22O4/c1-3-8(11)5-6-14-10(13)7-9(12)4-2/h8-13H,3-7H2,1-2H3. The molecule has 3 unspecified atom stereocenters. The molecule has 0 aliphatic heterocycles. The third kappa shape index (κ3) is 7.26. The van der Waals surface area contributed by atoms with E-state index >= 15 is 0 Å². The van der Waals surface area contributed by atoms with Gasteiger partial charge in [-0.2, -0.15) is 0 Å². The zero-order valence-corrected chi connectivity index (χ0v) is 9.02. The smallest absolute Gasteiger partial charge is 0.156 e. The van der Waals surface area contributed by atoms with Crippen molar-refractivity contribution < 1.29 is 20.1 Å². The number of aliphatic hydroxyl groups is 3. The summed E-state index contributed by atoms with van der Waals surface area (Å²) in [7, 11) is 0. The molecule has 0 saturated heterocycles. The lowest BCUT2D eigenvalue weighted by Gasteiger charge is -2.15. The molecule has 0 spiro atoms. The van der Waals surface area contributed by atoms with E-state index in [9.17, 15) is 15.3 Å². The van der Waals surface area contributed by atoms with Crippen LogP contribution in [0.5, 0.6) is 0 Å². The summed E-state index contributed by atoms with van der Waals surface area (Å²) in [6.07, 6.45) is 0.261. The van der Waals surface area contributed by atoms with Crippen LogP contribution in [-0.2, 0) is 4.74 Å². The van der Waals surface area contributed by atoms with Crippen molar-refractivity contribution in [3.8, 4) is 0 Å². The quantitative estimate of drug-likeness (QED) is 0.510. The normalized spacial score (nSPS) is 17.8. The Labute approximate surface area is 85.5 Å². The van der Waals surface area contributed by atoms with Gasteiger partial charge >= 0.3 is 0 Å². The van der Waals surface area contributed by atoms with E-state index in [1.807, 2.05) is 13.8 Å². The Morgan fingerprint density at radius 3 is 2.07 bits per heavy atom. The number of hydrogen-bond donors (Lipinski definition) is 3. The Hall–Kier alpha value is -0.160. The fourth-order valence-electron chi connectivity index (χ4n) is 1.01. The molecule has 0 aromatic heterocycles. The second-order valence-electron chi connectivity index (χ2n) is 3.47. The second kappa shape index (κ2) is 8.17. The summed E-state index contributed by atoms with van der Waals surface area (Å²) in [5.41, 5.74) is 0. The Kier molecular flexibility index (Phi) is 8.08. The van der Waals surface area contributed by atoms with Gasteiger partial charge in [0, 0.05) is 6.42 Å². The molecular weight excluding hydrogens is 184 g/mol. The molecule has 0 saturated carbocycles. The average molecular weight is 206 g/mol. The van der Waals surface area contributed by atoms with Crippen LogP contribution in [0.25, 0.3) is 0 Å². The highest BCUT2D eigenvalue weighted by Gasteiger charge is 2.10. The van der Waals surface area contributed by atoms with Gasteiger partial charge in [-0.15, -0.1) is 0 Å². The molecule has 3 N–H and O–H groups in total. The van der Waals surface area contributed by atoms with Crippen LogP contribution in [0.3, 0.4) is 0 Å². The maximum Gasteiger partial charge on any atom is 0.156 e. The lowest BCUT2D eigenvalue weighted by Crippen LogP contribution is -2.21. The number of ether oxygens (including phenoxy) is 1. The minimum absolute atomic E-state index is 0.235. The summed E-state index contributed by atoms with van der Waals surface area (Å²) in [5, 5.41) is 27.7. The van der Waals surface area contributed by atoms with Crippen molar-refractivity contribution in [2.24, 2.45) is 0 Å². The van der Waals surface area contributed by atoms with Gasteiger partial charge in [0.2, 0.25) is 0 Å². The zero-order chi connectivity index (χ0) is 11.0. The van der Waals surface area contributed by atoms with Crippen LogP contribution in [0.15, 0.2) is 0 Å². The van der Waals surface area contributed by atoms with E-state index in [-0.39, 0.29) is 12.5 Å². The van der Waals surface area contributed by atoms with Crippen molar-refractivity contribution in [3.05, 3.63) is 0 Å². The summed E-state index contributed by atoms with van der Waals surface area (Å²) in [5.74, 6) is 0. The summed E-state index contributed by atoms with van der Waals surface area (Å²) < 4.78 is 5.02. The number of rotatable bonds is 8. The van der Waals surface area contributed by atoms with Crippen molar-refractivity contribution in [1.29, 1.82) is 0 Å². The topological polar surface area (TPSA) is 69.9 Å². The van der Waals surface area contributed by atoms with Gasteiger partial charge in [0.15, 0.2) is 6.29 Å². The number of hydrogen-bond acceptors (Lipinski definition) is 4. The fraction of sp³-hybridized carbons (Fsp3) is 1.00. The minimum Gasteiger partial charge on any atom is -0.393 e. The SMILES string of the molecule is CCC(O)CCOC(O)CC(O)CC. The van der Waals surface area contributed by atoms with Crippen LogP contribution in [0.1, 0.15) is 39.5 Å². The van der Waals surface area contributed by atoms with E-state index in [1.54, 1.807) is 0 Å². The summed E-state index contributed by atoms with van der Waals surface area (Å²) in [6.45, 7) is 4.06. The average Bonchev–Trinajstić information content (AvgIpc) is 2.17.